The summed E-state index contributed by atoms with van der Waals surface area (Å²) in [6.45, 7) is 0.905. The molecule has 33 heavy (non-hydrogen) atoms. The molecule has 0 aliphatic heterocycles. The maximum atomic E-state index is 9.85. The Kier molecular flexibility index (Phi) is 7.64. The van der Waals surface area contributed by atoms with E-state index in [-0.39, 0.29) is 5.46 Å². The van der Waals surface area contributed by atoms with Crippen LogP contribution in [0.2, 0.25) is 0 Å². The Bertz CT molecular complexity index is 1070. The molecule has 0 amide bonds. The molecule has 0 spiro atoms. The van der Waals surface area contributed by atoms with Gasteiger partial charge in [0.05, 0.1) is 0 Å². The summed E-state index contributed by atoms with van der Waals surface area (Å²) < 4.78 is 18.3. The summed E-state index contributed by atoms with van der Waals surface area (Å²) in [7, 11) is -1.67. The van der Waals surface area contributed by atoms with Crippen molar-refractivity contribution in [1.29, 1.82) is 0 Å². The molecule has 0 unspecified atom stereocenters. The minimum atomic E-state index is -1.67. The van der Waals surface area contributed by atoms with Crippen molar-refractivity contribution in [3.63, 3.8) is 0 Å². The van der Waals surface area contributed by atoms with E-state index in [1.54, 1.807) is 12.1 Å². The van der Waals surface area contributed by atoms with Gasteiger partial charge in [0.2, 0.25) is 5.75 Å². The average Bonchev–Trinajstić information content (AvgIpc) is 2.87. The first-order chi connectivity index (χ1) is 16.2. The van der Waals surface area contributed by atoms with Gasteiger partial charge < -0.3 is 24.3 Å². The molecule has 0 saturated heterocycles. The number of ether oxygens (including phenoxy) is 3. The molecular weight excluding hydrogens is 415 g/mol. The zero-order valence-corrected chi connectivity index (χ0v) is 18.1. The lowest BCUT2D eigenvalue weighted by atomic mass is 9.80. The highest BCUT2D eigenvalue weighted by atomic mass is 16.5. The van der Waals surface area contributed by atoms with Crippen LogP contribution in [-0.2, 0) is 19.8 Å². The second kappa shape index (κ2) is 11.2. The topological polar surface area (TPSA) is 68.2 Å². The molecule has 0 atom stereocenters. The van der Waals surface area contributed by atoms with Crippen LogP contribution in [0.4, 0.5) is 0 Å². The molecule has 2 N–H and O–H groups in total. The standard InChI is InChI=1S/C27H25BO5/c29-28(30)24-16-25(31-18-21-10-4-1-5-11-21)27(33-20-23-14-8-3-9-15-23)26(17-24)32-19-22-12-6-2-7-13-22/h1-17,29-30H,18-20H2. The molecule has 0 saturated carbocycles. The van der Waals surface area contributed by atoms with Gasteiger partial charge in [-0.1, -0.05) is 91.0 Å². The quantitative estimate of drug-likeness (QED) is 0.364. The normalized spacial score (nSPS) is 10.5. The minimum absolute atomic E-state index is 0.258. The van der Waals surface area contributed by atoms with Gasteiger partial charge in [-0.3, -0.25) is 0 Å². The fraction of sp³-hybridized carbons (Fsp3) is 0.111. The summed E-state index contributed by atoms with van der Waals surface area (Å²) in [4.78, 5) is 0. The van der Waals surface area contributed by atoms with Crippen molar-refractivity contribution in [2.75, 3.05) is 0 Å². The zero-order chi connectivity index (χ0) is 22.9. The van der Waals surface area contributed by atoms with Crippen molar-refractivity contribution in [3.05, 3.63) is 120 Å². The molecule has 0 radical (unpaired) electrons. The fourth-order valence-electron chi connectivity index (χ4n) is 3.30. The predicted octanol–water partition coefficient (Wildman–Crippen LogP) is 4.10. The number of benzene rings is 4. The Labute approximate surface area is 194 Å². The van der Waals surface area contributed by atoms with E-state index >= 15 is 0 Å². The highest BCUT2D eigenvalue weighted by molar-refractivity contribution is 6.58. The van der Waals surface area contributed by atoms with Gasteiger partial charge in [-0.15, -0.1) is 0 Å². The van der Waals surface area contributed by atoms with E-state index in [4.69, 9.17) is 14.2 Å². The minimum Gasteiger partial charge on any atom is -0.485 e. The molecule has 5 nitrogen and oxygen atoms in total. The molecule has 0 aliphatic rings. The summed E-state index contributed by atoms with van der Waals surface area (Å²) in [5.74, 6) is 1.17. The van der Waals surface area contributed by atoms with Crippen molar-refractivity contribution >= 4 is 12.6 Å². The maximum absolute atomic E-state index is 9.85. The molecule has 0 fully saturated rings. The lowest BCUT2D eigenvalue weighted by molar-refractivity contribution is 0.230. The van der Waals surface area contributed by atoms with E-state index in [9.17, 15) is 10.0 Å². The molecule has 4 aromatic carbocycles. The van der Waals surface area contributed by atoms with Crippen molar-refractivity contribution in [2.45, 2.75) is 19.8 Å². The third-order valence-corrected chi connectivity index (χ3v) is 5.04. The maximum Gasteiger partial charge on any atom is 0.488 e. The van der Waals surface area contributed by atoms with Crippen LogP contribution >= 0.6 is 0 Å². The fourth-order valence-corrected chi connectivity index (χ4v) is 3.30. The SMILES string of the molecule is OB(O)c1cc(OCc2ccccc2)c(OCc2ccccc2)c(OCc2ccccc2)c1. The van der Waals surface area contributed by atoms with Crippen molar-refractivity contribution in [1.82, 2.24) is 0 Å². The van der Waals surface area contributed by atoms with E-state index in [2.05, 4.69) is 0 Å². The van der Waals surface area contributed by atoms with Crippen LogP contribution < -0.4 is 19.7 Å². The smallest absolute Gasteiger partial charge is 0.485 e. The van der Waals surface area contributed by atoms with Crippen LogP contribution in [0.25, 0.3) is 0 Å². The van der Waals surface area contributed by atoms with Crippen LogP contribution in [0.1, 0.15) is 16.7 Å². The summed E-state index contributed by atoms with van der Waals surface area (Å²) in [6.07, 6.45) is 0. The third kappa shape index (κ3) is 6.38. The van der Waals surface area contributed by atoms with Crippen LogP contribution in [0.5, 0.6) is 17.2 Å². The van der Waals surface area contributed by atoms with Gasteiger partial charge in [-0.05, 0) is 34.3 Å². The van der Waals surface area contributed by atoms with E-state index in [0.717, 1.165) is 16.7 Å². The predicted molar refractivity (Wildman–Crippen MR) is 129 cm³/mol. The number of hydrogen-bond donors (Lipinski definition) is 2. The van der Waals surface area contributed by atoms with Crippen molar-refractivity contribution < 1.29 is 24.3 Å². The Morgan fingerprint density at radius 3 is 1.24 bits per heavy atom. The van der Waals surface area contributed by atoms with Crippen LogP contribution in [0, 0.1) is 0 Å². The van der Waals surface area contributed by atoms with Gasteiger partial charge >= 0.3 is 7.12 Å². The average molecular weight is 440 g/mol. The molecule has 166 valence electrons. The first-order valence-electron chi connectivity index (χ1n) is 10.7. The summed E-state index contributed by atoms with van der Waals surface area (Å²) in [5.41, 5.74) is 3.21. The van der Waals surface area contributed by atoms with Crippen molar-refractivity contribution in [3.8, 4) is 17.2 Å². The van der Waals surface area contributed by atoms with E-state index in [0.29, 0.717) is 37.1 Å². The van der Waals surface area contributed by atoms with Gasteiger partial charge in [0, 0.05) is 0 Å². The number of rotatable bonds is 10. The molecule has 4 rings (SSSR count). The summed E-state index contributed by atoms with van der Waals surface area (Å²) in [5, 5.41) is 19.7. The van der Waals surface area contributed by atoms with E-state index < -0.39 is 7.12 Å². The molecule has 0 aliphatic carbocycles. The lowest BCUT2D eigenvalue weighted by Crippen LogP contribution is -2.30. The molecule has 0 heterocycles. The van der Waals surface area contributed by atoms with E-state index in [1.165, 1.54) is 0 Å². The highest BCUT2D eigenvalue weighted by Crippen LogP contribution is 2.38. The lowest BCUT2D eigenvalue weighted by Gasteiger charge is -2.19. The van der Waals surface area contributed by atoms with Crippen LogP contribution in [-0.4, -0.2) is 17.2 Å². The largest absolute Gasteiger partial charge is 0.488 e. The van der Waals surface area contributed by atoms with Crippen molar-refractivity contribution in [2.24, 2.45) is 0 Å². The Morgan fingerprint density at radius 1 is 0.515 bits per heavy atom. The van der Waals surface area contributed by atoms with Crippen LogP contribution in [0.15, 0.2) is 103 Å². The number of hydrogen-bond acceptors (Lipinski definition) is 5. The highest BCUT2D eigenvalue weighted by Gasteiger charge is 2.21. The van der Waals surface area contributed by atoms with Gasteiger partial charge in [-0.2, -0.15) is 0 Å². The van der Waals surface area contributed by atoms with Gasteiger partial charge in [0.15, 0.2) is 11.5 Å². The Balaban J connectivity index is 1.65. The third-order valence-electron chi connectivity index (χ3n) is 5.04. The van der Waals surface area contributed by atoms with Crippen LogP contribution in [0.3, 0.4) is 0 Å². The molecule has 0 aromatic heterocycles. The molecule has 0 bridgehead atoms. The van der Waals surface area contributed by atoms with E-state index in [1.807, 2.05) is 91.0 Å². The van der Waals surface area contributed by atoms with Gasteiger partial charge in [-0.25, -0.2) is 0 Å². The summed E-state index contributed by atoms with van der Waals surface area (Å²) in [6, 6.07) is 32.4. The molecule has 6 heteroatoms. The molecule has 4 aromatic rings. The first-order valence-corrected chi connectivity index (χ1v) is 10.7. The Morgan fingerprint density at radius 2 is 0.879 bits per heavy atom. The van der Waals surface area contributed by atoms with Gasteiger partial charge in [0.25, 0.3) is 0 Å². The molecular formula is C27H25BO5. The second-order valence-electron chi connectivity index (χ2n) is 7.54. The Hall–Kier alpha value is -3.74. The summed E-state index contributed by atoms with van der Waals surface area (Å²) >= 11 is 0. The van der Waals surface area contributed by atoms with Gasteiger partial charge in [0.1, 0.15) is 19.8 Å². The second-order valence-corrected chi connectivity index (χ2v) is 7.54. The zero-order valence-electron chi connectivity index (χ0n) is 18.1. The first kappa shape index (κ1) is 22.5. The monoisotopic (exact) mass is 440 g/mol.